The van der Waals surface area contributed by atoms with Crippen LogP contribution < -0.4 is 25.4 Å². The summed E-state index contributed by atoms with van der Waals surface area (Å²) in [5.74, 6) is -18.4. The van der Waals surface area contributed by atoms with Crippen molar-refractivity contribution < 1.29 is 83.5 Å². The maximum Gasteiger partial charge on any atom is 0.408 e. The van der Waals surface area contributed by atoms with E-state index >= 15 is 4.39 Å². The number of esters is 2. The largest absolute Gasteiger partial charge is 0.489 e. The lowest BCUT2D eigenvalue weighted by molar-refractivity contribution is -0.152. The van der Waals surface area contributed by atoms with Crippen LogP contribution in [0.15, 0.2) is 127 Å². The molecule has 6 aromatic rings. The van der Waals surface area contributed by atoms with Crippen molar-refractivity contribution in [3.05, 3.63) is 190 Å². The third-order valence-corrected chi connectivity index (χ3v) is 12.1. The lowest BCUT2D eigenvalue weighted by atomic mass is 9.95. The van der Waals surface area contributed by atoms with Crippen LogP contribution in [0.2, 0.25) is 0 Å². The summed E-state index contributed by atoms with van der Waals surface area (Å²) in [7, 11) is 2.32. The summed E-state index contributed by atoms with van der Waals surface area (Å²) >= 11 is 0. The lowest BCUT2D eigenvalue weighted by Crippen LogP contribution is -2.54. The van der Waals surface area contributed by atoms with Crippen molar-refractivity contribution in [1.82, 2.24) is 20.9 Å². The first-order chi connectivity index (χ1) is 38.6. The van der Waals surface area contributed by atoms with E-state index in [4.69, 9.17) is 28.4 Å². The summed E-state index contributed by atoms with van der Waals surface area (Å²) in [6.45, 7) is 4.47. The van der Waals surface area contributed by atoms with Gasteiger partial charge >= 0.3 is 30.2 Å². The monoisotopic (exact) mass is 1130 g/mol. The molecule has 0 aliphatic carbocycles. The van der Waals surface area contributed by atoms with E-state index in [1.165, 1.54) is 31.3 Å². The van der Waals surface area contributed by atoms with Crippen molar-refractivity contribution in [2.75, 3.05) is 20.7 Å². The van der Waals surface area contributed by atoms with E-state index in [1.54, 1.807) is 112 Å². The second-order valence-electron chi connectivity index (χ2n) is 19.2. The average molecular weight is 1130 g/mol. The van der Waals surface area contributed by atoms with Crippen molar-refractivity contribution in [1.29, 1.82) is 0 Å². The number of halogens is 6. The topological polar surface area (TPSA) is 197 Å². The van der Waals surface area contributed by atoms with E-state index in [2.05, 4.69) is 16.0 Å². The quantitative estimate of drug-likeness (QED) is 0.0105. The van der Waals surface area contributed by atoms with E-state index in [-0.39, 0.29) is 67.2 Å². The maximum atomic E-state index is 16.0. The van der Waals surface area contributed by atoms with E-state index in [1.807, 2.05) is 6.07 Å². The smallest absolute Gasteiger partial charge is 0.408 e. The van der Waals surface area contributed by atoms with Gasteiger partial charge in [-0.05, 0) is 96.8 Å². The molecule has 22 heteroatoms. The van der Waals surface area contributed by atoms with Gasteiger partial charge in [-0.3, -0.25) is 4.79 Å². The first-order valence-corrected chi connectivity index (χ1v) is 25.2. The van der Waals surface area contributed by atoms with Crippen LogP contribution in [0.5, 0.6) is 11.5 Å². The number of carbonyl (C=O) groups is 6. The number of benzene rings is 6. The number of nitrogens with one attached hydrogen (secondary N) is 3. The minimum atomic E-state index is -2.51. The van der Waals surface area contributed by atoms with Crippen LogP contribution in [0, 0.1) is 34.9 Å². The Morgan fingerprint density at radius 1 is 0.568 bits per heavy atom. The number of ether oxygens (including phenoxy) is 6. The molecule has 0 aliphatic rings. The number of nitrogens with zero attached hydrogens (tertiary/aromatic N) is 1. The molecule has 0 spiro atoms. The Morgan fingerprint density at radius 3 is 1.63 bits per heavy atom. The van der Waals surface area contributed by atoms with Gasteiger partial charge in [0.15, 0.2) is 0 Å². The second kappa shape index (κ2) is 28.7. The highest BCUT2D eigenvalue weighted by Gasteiger charge is 2.36. The molecule has 0 bridgehead atoms. The standard InChI is InChI=1S/C59H58F6N4O12/c1-59(2,3)81-58(75)67-43(22-15-27-66-56(73)78-33-36-18-11-7-12-19-36)53(70)69(4)45(55(72)76-5)31-40-28-38(23-25-42(40)60)39-24-26-46(77-32-35-16-9-6-10-17-35)41(29-39)30-44(68-57(74)79-34-37-20-13-8-14-21-37)54(71)80-52-50(64)48(62)47(61)49(63)51(52)65/h6-14,16-21,23-26,28-29,43-45H,15,22,27,30-34H2,1-5H3,(H,66,73)(H,67,75)(H,68,74)/t43-,44+,45+/m1/s1. The predicted molar refractivity (Wildman–Crippen MR) is 281 cm³/mol. The number of hydrogen-bond acceptors (Lipinski definition) is 12. The molecule has 0 heterocycles. The summed E-state index contributed by atoms with van der Waals surface area (Å²) in [4.78, 5) is 81.6. The van der Waals surface area contributed by atoms with Crippen molar-refractivity contribution in [2.45, 2.75) is 90.0 Å². The summed E-state index contributed by atoms with van der Waals surface area (Å²) in [5.41, 5.74) is 1.51. The highest BCUT2D eigenvalue weighted by molar-refractivity contribution is 5.90. The van der Waals surface area contributed by atoms with Crippen molar-refractivity contribution in [2.24, 2.45) is 0 Å². The third kappa shape index (κ3) is 17.7. The van der Waals surface area contributed by atoms with Crippen molar-refractivity contribution >= 4 is 36.1 Å². The highest BCUT2D eigenvalue weighted by atomic mass is 19.2. The van der Waals surface area contributed by atoms with Crippen LogP contribution in [0.4, 0.5) is 40.7 Å². The molecule has 0 saturated carbocycles. The molecule has 6 aromatic carbocycles. The van der Waals surface area contributed by atoms with Gasteiger partial charge in [0.1, 0.15) is 55.1 Å². The van der Waals surface area contributed by atoms with Gasteiger partial charge < -0.3 is 49.3 Å². The Labute approximate surface area is 462 Å². The minimum Gasteiger partial charge on any atom is -0.489 e. The second-order valence-corrected chi connectivity index (χ2v) is 19.2. The third-order valence-electron chi connectivity index (χ3n) is 12.1. The van der Waals surface area contributed by atoms with Gasteiger partial charge in [-0.25, -0.2) is 41.5 Å². The van der Waals surface area contributed by atoms with E-state index in [0.717, 1.165) is 23.6 Å². The van der Waals surface area contributed by atoms with E-state index < -0.39 is 113 Å². The zero-order valence-electron chi connectivity index (χ0n) is 44.6. The highest BCUT2D eigenvalue weighted by Crippen LogP contribution is 2.33. The molecule has 0 aromatic heterocycles. The summed E-state index contributed by atoms with van der Waals surface area (Å²) < 4.78 is 120. The molecule has 428 valence electrons. The van der Waals surface area contributed by atoms with Crippen LogP contribution in [0.25, 0.3) is 11.1 Å². The fourth-order valence-electron chi connectivity index (χ4n) is 7.97. The number of alkyl carbamates (subject to hydrolysis) is 3. The van der Waals surface area contributed by atoms with Crippen LogP contribution in [0.3, 0.4) is 0 Å². The molecule has 0 aliphatic heterocycles. The van der Waals surface area contributed by atoms with Crippen LogP contribution in [-0.2, 0) is 66.0 Å². The summed E-state index contributed by atoms with van der Waals surface area (Å²) in [6, 6.07) is 29.4. The van der Waals surface area contributed by atoms with Gasteiger partial charge in [0.05, 0.1) is 7.11 Å². The number of carbonyl (C=O) groups excluding carboxylic acids is 6. The van der Waals surface area contributed by atoms with Gasteiger partial charge in [0, 0.05) is 26.4 Å². The fraction of sp³-hybridized carbons (Fsp3) is 0.288. The van der Waals surface area contributed by atoms with Gasteiger partial charge in [-0.2, -0.15) is 8.78 Å². The molecular weight excluding hydrogens is 1070 g/mol. The Kier molecular flexibility index (Phi) is 21.7. The molecule has 0 unspecified atom stereocenters. The Hall–Kier alpha value is -9.08. The predicted octanol–water partition coefficient (Wildman–Crippen LogP) is 10.4. The van der Waals surface area contributed by atoms with Gasteiger partial charge in [-0.15, -0.1) is 0 Å². The molecule has 6 rings (SSSR count). The molecule has 4 amide bonds. The molecule has 0 fully saturated rings. The molecular formula is C59H58F6N4O12. The molecule has 0 saturated heterocycles. The summed E-state index contributed by atoms with van der Waals surface area (Å²) in [6.07, 6.45) is -4.04. The number of amides is 4. The normalized spacial score (nSPS) is 12.2. The van der Waals surface area contributed by atoms with Gasteiger partial charge in [0.2, 0.25) is 40.7 Å². The zero-order chi connectivity index (χ0) is 58.8. The Morgan fingerprint density at radius 2 is 1.07 bits per heavy atom. The van der Waals surface area contributed by atoms with Gasteiger partial charge in [0.25, 0.3) is 0 Å². The lowest BCUT2D eigenvalue weighted by Gasteiger charge is -2.31. The Balaban J connectivity index is 1.29. The van der Waals surface area contributed by atoms with Crippen LogP contribution >= 0.6 is 0 Å². The number of rotatable bonds is 23. The SMILES string of the molecule is COC(=O)[C@H](Cc1cc(-c2ccc(OCc3ccccc3)c(C[C@H](NC(=O)OCc3ccccc3)C(=O)Oc3c(F)c(F)c(F)c(F)c3F)c2)ccc1F)N(C)C(=O)[C@@H](CCCNC(=O)OCc1ccccc1)NC(=O)OC(C)(C)C. The minimum absolute atomic E-state index is 0.00531. The zero-order valence-corrected chi connectivity index (χ0v) is 44.6. The first-order valence-electron chi connectivity index (χ1n) is 25.2. The van der Waals surface area contributed by atoms with E-state index in [0.29, 0.717) is 11.1 Å². The molecule has 81 heavy (non-hydrogen) atoms. The van der Waals surface area contributed by atoms with Gasteiger partial charge in [-0.1, -0.05) is 103 Å². The maximum absolute atomic E-state index is 16.0. The van der Waals surface area contributed by atoms with E-state index in [9.17, 15) is 50.7 Å². The van der Waals surface area contributed by atoms with Crippen molar-refractivity contribution in [3.8, 4) is 22.6 Å². The molecule has 3 N–H and O–H groups in total. The fourth-order valence-corrected chi connectivity index (χ4v) is 7.97. The van der Waals surface area contributed by atoms with Crippen LogP contribution in [-0.4, -0.2) is 85.5 Å². The Bertz CT molecular complexity index is 3140. The molecule has 3 atom stereocenters. The van der Waals surface area contributed by atoms with Crippen molar-refractivity contribution in [3.63, 3.8) is 0 Å². The first kappa shape index (κ1) is 61.1. The number of hydrogen-bond donors (Lipinski definition) is 3. The van der Waals surface area contributed by atoms with Crippen LogP contribution in [0.1, 0.15) is 61.4 Å². The summed E-state index contributed by atoms with van der Waals surface area (Å²) in [5, 5.41) is 7.37. The molecule has 16 nitrogen and oxygen atoms in total. The number of likely N-dealkylation sites (N-methyl/N-ethyl adjacent to an activating group) is 1. The number of methoxy groups -OCH3 is 1. The molecule has 0 radical (unpaired) electrons. The average Bonchev–Trinajstić information content (AvgIpc) is 3.47.